The van der Waals surface area contributed by atoms with Gasteiger partial charge in [-0.3, -0.25) is 0 Å². The zero-order chi connectivity index (χ0) is 25.3. The first-order valence-corrected chi connectivity index (χ1v) is 13.4. The Morgan fingerprint density at radius 3 is 0.765 bits per heavy atom. The van der Waals surface area contributed by atoms with Crippen LogP contribution in [0.2, 0.25) is 0 Å². The molecule has 8 atom stereocenters. The van der Waals surface area contributed by atoms with Crippen molar-refractivity contribution < 1.29 is 18.9 Å². The molecule has 8 unspecified atom stereocenters. The van der Waals surface area contributed by atoms with Crippen LogP contribution in [0.15, 0.2) is 22.3 Å². The lowest BCUT2D eigenvalue weighted by atomic mass is 9.56. The van der Waals surface area contributed by atoms with Crippen LogP contribution in [0.1, 0.15) is 81.1 Å². The third-order valence-corrected chi connectivity index (χ3v) is 13.6. The van der Waals surface area contributed by atoms with Crippen molar-refractivity contribution in [2.24, 2.45) is 45.3 Å². The van der Waals surface area contributed by atoms with E-state index in [1.807, 2.05) is 28.4 Å². The average Bonchev–Trinajstić information content (AvgIpc) is 3.19. The largest absolute Gasteiger partial charge is 0.351 e. The van der Waals surface area contributed by atoms with E-state index in [-0.39, 0.29) is 21.7 Å². The highest BCUT2D eigenvalue weighted by Crippen LogP contribution is 2.81. The van der Waals surface area contributed by atoms with Gasteiger partial charge in [-0.25, -0.2) is 0 Å². The van der Waals surface area contributed by atoms with Crippen molar-refractivity contribution in [2.45, 2.75) is 92.6 Å². The van der Waals surface area contributed by atoms with Crippen LogP contribution in [0.4, 0.5) is 0 Å². The molecular formula is C30H48O4. The standard InChI is InChI=1S/C30H48O4/c1-17-18(2)26(6)22-15-16-24-23(14-13-21(22)25(17,5)29(26,31-9)32-10)27(7)19(3)20(4)28(24,8)30(27,33-11)34-12/h21-24H,13-16H2,1-12H3. The van der Waals surface area contributed by atoms with Gasteiger partial charge in [0.25, 0.3) is 0 Å². The maximum atomic E-state index is 6.43. The van der Waals surface area contributed by atoms with Gasteiger partial charge in [0.15, 0.2) is 11.6 Å². The average molecular weight is 473 g/mol. The topological polar surface area (TPSA) is 36.9 Å². The van der Waals surface area contributed by atoms with Gasteiger partial charge in [-0.1, -0.05) is 50.0 Å². The Bertz CT molecular complexity index is 824. The van der Waals surface area contributed by atoms with E-state index in [0.29, 0.717) is 23.7 Å². The maximum Gasteiger partial charge on any atom is 0.186 e. The highest BCUT2D eigenvalue weighted by Gasteiger charge is 2.82. The van der Waals surface area contributed by atoms with Crippen LogP contribution in [-0.2, 0) is 18.9 Å². The van der Waals surface area contributed by atoms with E-state index in [1.165, 1.54) is 48.0 Å². The Morgan fingerprint density at radius 1 is 0.441 bits per heavy atom. The first kappa shape index (κ1) is 25.0. The van der Waals surface area contributed by atoms with E-state index >= 15 is 0 Å². The minimum Gasteiger partial charge on any atom is -0.351 e. The van der Waals surface area contributed by atoms with Crippen molar-refractivity contribution in [3.8, 4) is 0 Å². The fraction of sp³-hybridized carbons (Fsp3) is 0.867. The van der Waals surface area contributed by atoms with Crippen LogP contribution in [0.5, 0.6) is 0 Å². The summed E-state index contributed by atoms with van der Waals surface area (Å²) in [6, 6.07) is 0. The summed E-state index contributed by atoms with van der Waals surface area (Å²) in [4.78, 5) is 0. The van der Waals surface area contributed by atoms with Crippen molar-refractivity contribution in [1.82, 2.24) is 0 Å². The Balaban J connectivity index is 1.64. The van der Waals surface area contributed by atoms with Gasteiger partial charge >= 0.3 is 0 Å². The molecule has 192 valence electrons. The normalized spacial score (nSPS) is 50.5. The molecule has 0 amide bonds. The van der Waals surface area contributed by atoms with Gasteiger partial charge in [-0.05, 0) is 77.0 Å². The summed E-state index contributed by atoms with van der Waals surface area (Å²) in [6.07, 6.45) is 4.77. The highest BCUT2D eigenvalue weighted by atomic mass is 16.7. The molecule has 4 heteroatoms. The number of methoxy groups -OCH3 is 4. The molecule has 5 aliphatic rings. The molecule has 4 nitrogen and oxygen atoms in total. The molecule has 0 N–H and O–H groups in total. The summed E-state index contributed by atoms with van der Waals surface area (Å²) in [5.74, 6) is 0.987. The van der Waals surface area contributed by atoms with Gasteiger partial charge in [-0.15, -0.1) is 0 Å². The second-order valence-electron chi connectivity index (χ2n) is 12.9. The van der Waals surface area contributed by atoms with E-state index in [9.17, 15) is 0 Å². The maximum absolute atomic E-state index is 6.43. The van der Waals surface area contributed by atoms with Crippen molar-refractivity contribution >= 4 is 0 Å². The second-order valence-corrected chi connectivity index (χ2v) is 12.9. The Kier molecular flexibility index (Phi) is 5.14. The molecule has 0 aromatic rings. The van der Waals surface area contributed by atoms with Crippen LogP contribution < -0.4 is 0 Å². The van der Waals surface area contributed by atoms with E-state index in [4.69, 9.17) is 18.9 Å². The lowest BCUT2D eigenvalue weighted by Crippen LogP contribution is -2.53. The molecule has 4 bridgehead atoms. The third kappa shape index (κ3) is 1.96. The van der Waals surface area contributed by atoms with E-state index in [0.717, 1.165) is 0 Å². The summed E-state index contributed by atoms with van der Waals surface area (Å²) in [7, 11) is 7.46. The molecule has 0 saturated heterocycles. The molecule has 0 aromatic carbocycles. The van der Waals surface area contributed by atoms with Crippen LogP contribution >= 0.6 is 0 Å². The third-order valence-electron chi connectivity index (χ3n) is 13.6. The SMILES string of the molecule is COC1(OC)C2(C)C(C)=C(C)C1(C)C1CCC3C(CCC12)C1(C)C(C)=C(C)C3(C)C1(OC)OC. The van der Waals surface area contributed by atoms with Crippen molar-refractivity contribution in [1.29, 1.82) is 0 Å². The molecule has 0 heterocycles. The molecule has 3 fully saturated rings. The Morgan fingerprint density at radius 2 is 0.618 bits per heavy atom. The lowest BCUT2D eigenvalue weighted by molar-refractivity contribution is -0.288. The van der Waals surface area contributed by atoms with E-state index in [2.05, 4.69) is 55.4 Å². The minimum absolute atomic E-state index is 0.115. The molecule has 3 saturated carbocycles. The quantitative estimate of drug-likeness (QED) is 0.335. The van der Waals surface area contributed by atoms with Gasteiger partial charge in [0, 0.05) is 50.1 Å². The van der Waals surface area contributed by atoms with Gasteiger partial charge < -0.3 is 18.9 Å². The number of hydrogen-bond donors (Lipinski definition) is 0. The molecule has 0 spiro atoms. The molecule has 5 aliphatic carbocycles. The van der Waals surface area contributed by atoms with Gasteiger partial charge in [0.2, 0.25) is 0 Å². The van der Waals surface area contributed by atoms with Crippen molar-refractivity contribution in [3.05, 3.63) is 22.3 Å². The number of rotatable bonds is 4. The van der Waals surface area contributed by atoms with Gasteiger partial charge in [-0.2, -0.15) is 0 Å². The number of hydrogen-bond acceptors (Lipinski definition) is 4. The van der Waals surface area contributed by atoms with Crippen molar-refractivity contribution in [3.63, 3.8) is 0 Å². The molecule has 0 aliphatic heterocycles. The minimum atomic E-state index is -0.595. The van der Waals surface area contributed by atoms with Gasteiger partial charge in [0.1, 0.15) is 0 Å². The zero-order valence-corrected chi connectivity index (χ0v) is 23.8. The fourth-order valence-corrected chi connectivity index (χ4v) is 11.9. The van der Waals surface area contributed by atoms with Crippen LogP contribution in [-0.4, -0.2) is 40.0 Å². The smallest absolute Gasteiger partial charge is 0.186 e. The second kappa shape index (κ2) is 7.00. The summed E-state index contributed by atoms with van der Waals surface area (Å²) in [5.41, 5.74) is 5.48. The summed E-state index contributed by atoms with van der Waals surface area (Å²) >= 11 is 0. The lowest BCUT2D eigenvalue weighted by Gasteiger charge is -2.47. The van der Waals surface area contributed by atoms with Gasteiger partial charge in [0.05, 0.1) is 0 Å². The monoisotopic (exact) mass is 472 g/mol. The summed E-state index contributed by atoms with van der Waals surface area (Å²) < 4.78 is 25.7. The summed E-state index contributed by atoms with van der Waals surface area (Å²) in [6.45, 7) is 19.1. The Labute approximate surface area is 207 Å². The zero-order valence-electron chi connectivity index (χ0n) is 23.8. The molecular weight excluding hydrogens is 424 g/mol. The first-order chi connectivity index (χ1) is 15.8. The fourth-order valence-electron chi connectivity index (χ4n) is 11.9. The van der Waals surface area contributed by atoms with Crippen LogP contribution in [0, 0.1) is 45.3 Å². The molecule has 0 radical (unpaired) electrons. The first-order valence-electron chi connectivity index (χ1n) is 13.4. The number of ether oxygens (including phenoxy) is 4. The van der Waals surface area contributed by atoms with Crippen molar-refractivity contribution in [2.75, 3.05) is 28.4 Å². The summed E-state index contributed by atoms with van der Waals surface area (Å²) in [5, 5.41) is 0. The van der Waals surface area contributed by atoms with E-state index < -0.39 is 11.6 Å². The van der Waals surface area contributed by atoms with E-state index in [1.54, 1.807) is 0 Å². The van der Waals surface area contributed by atoms with Crippen LogP contribution in [0.3, 0.4) is 0 Å². The Hall–Kier alpha value is -0.680. The highest BCUT2D eigenvalue weighted by molar-refractivity contribution is 5.47. The molecule has 5 rings (SSSR count). The predicted molar refractivity (Wildman–Crippen MR) is 135 cm³/mol. The molecule has 34 heavy (non-hydrogen) atoms. The molecule has 0 aromatic heterocycles. The number of fused-ring (bicyclic) bond motifs is 10. The predicted octanol–water partition coefficient (Wildman–Crippen LogP) is 6.76. The van der Waals surface area contributed by atoms with Crippen LogP contribution in [0.25, 0.3) is 0 Å².